The Balaban J connectivity index is 1.35. The molecule has 1 amide bonds. The summed E-state index contributed by atoms with van der Waals surface area (Å²) in [6.07, 6.45) is 5.01. The largest absolute Gasteiger partial charge is 0.456 e. The molecule has 0 fully saturated rings. The monoisotopic (exact) mass is 410 g/mol. The molecule has 3 aromatic carbocycles. The maximum Gasteiger partial charge on any atom is 0.280 e. The van der Waals surface area contributed by atoms with E-state index in [4.69, 9.17) is 4.42 Å². The van der Waals surface area contributed by atoms with Crippen molar-refractivity contribution in [2.75, 3.05) is 5.32 Å². The maximum absolute atomic E-state index is 12.5. The maximum atomic E-state index is 12.5. The number of nitrogens with zero attached hydrogens (tertiary/aromatic N) is 1. The molecule has 1 aromatic heterocycles. The summed E-state index contributed by atoms with van der Waals surface area (Å²) in [6, 6.07) is 19.9. The summed E-state index contributed by atoms with van der Waals surface area (Å²) in [5.41, 5.74) is 3.77. The predicted octanol–water partition coefficient (Wildman–Crippen LogP) is 5.76. The molecule has 0 atom stereocenters. The highest BCUT2D eigenvalue weighted by molar-refractivity contribution is 6.09. The summed E-state index contributed by atoms with van der Waals surface area (Å²) in [7, 11) is 0. The Bertz CT molecular complexity index is 1360. The van der Waals surface area contributed by atoms with Gasteiger partial charge < -0.3 is 9.73 Å². The summed E-state index contributed by atoms with van der Waals surface area (Å²) in [4.78, 5) is 23.3. The van der Waals surface area contributed by atoms with Gasteiger partial charge in [-0.05, 0) is 59.7 Å². The normalized spacial score (nSPS) is 12.5. The molecule has 0 saturated heterocycles. The van der Waals surface area contributed by atoms with Crippen molar-refractivity contribution in [3.8, 4) is 11.3 Å². The van der Waals surface area contributed by atoms with E-state index < -0.39 is 4.92 Å². The van der Waals surface area contributed by atoms with E-state index in [2.05, 4.69) is 17.4 Å². The topological polar surface area (TPSA) is 85.4 Å². The number of carbonyl (C=O) groups is 1. The average Bonchev–Trinajstić information content (AvgIpc) is 3.42. The van der Waals surface area contributed by atoms with Crippen molar-refractivity contribution in [2.45, 2.75) is 12.8 Å². The molecule has 152 valence electrons. The first-order valence-corrected chi connectivity index (χ1v) is 9.96. The number of amides is 1. The Hall–Kier alpha value is -4.19. The fourth-order valence-electron chi connectivity index (χ4n) is 4.12. The van der Waals surface area contributed by atoms with E-state index in [0.717, 1.165) is 23.9 Å². The van der Waals surface area contributed by atoms with Crippen molar-refractivity contribution in [3.63, 3.8) is 0 Å². The Morgan fingerprint density at radius 3 is 2.61 bits per heavy atom. The SMILES string of the molecule is O=C(C=Cc1ccc(-c2ccccc2[N+](=O)[O-])o1)Nc1ccc2c3c(cccc13)CC2. The third-order valence-electron chi connectivity index (χ3n) is 5.53. The van der Waals surface area contributed by atoms with Crippen LogP contribution in [0.4, 0.5) is 11.4 Å². The molecular formula is C25H18N2O4. The van der Waals surface area contributed by atoms with Gasteiger partial charge in [0, 0.05) is 23.2 Å². The van der Waals surface area contributed by atoms with Crippen LogP contribution in [-0.2, 0) is 17.6 Å². The van der Waals surface area contributed by atoms with Crippen molar-refractivity contribution >= 4 is 34.1 Å². The van der Waals surface area contributed by atoms with Gasteiger partial charge in [0.05, 0.1) is 10.5 Å². The van der Waals surface area contributed by atoms with E-state index in [-0.39, 0.29) is 11.6 Å². The summed E-state index contributed by atoms with van der Waals surface area (Å²) < 4.78 is 5.70. The number of furan rings is 1. The molecule has 1 aliphatic carbocycles. The van der Waals surface area contributed by atoms with Gasteiger partial charge in [0.1, 0.15) is 11.5 Å². The summed E-state index contributed by atoms with van der Waals surface area (Å²) >= 11 is 0. The summed E-state index contributed by atoms with van der Waals surface area (Å²) in [5, 5.41) is 16.5. The molecule has 1 N–H and O–H groups in total. The van der Waals surface area contributed by atoms with Gasteiger partial charge in [-0.25, -0.2) is 0 Å². The van der Waals surface area contributed by atoms with Crippen LogP contribution in [0.15, 0.2) is 77.2 Å². The van der Waals surface area contributed by atoms with E-state index in [0.29, 0.717) is 17.1 Å². The van der Waals surface area contributed by atoms with Crippen LogP contribution in [0.1, 0.15) is 16.9 Å². The van der Waals surface area contributed by atoms with Gasteiger partial charge >= 0.3 is 0 Å². The number of nitro groups is 1. The third kappa shape index (κ3) is 3.48. The number of para-hydroxylation sites is 1. The van der Waals surface area contributed by atoms with Gasteiger partial charge in [-0.2, -0.15) is 0 Å². The Kier molecular flexibility index (Phi) is 4.59. The van der Waals surface area contributed by atoms with Gasteiger partial charge in [-0.15, -0.1) is 0 Å². The van der Waals surface area contributed by atoms with Crippen molar-refractivity contribution in [2.24, 2.45) is 0 Å². The van der Waals surface area contributed by atoms with E-state index in [1.165, 1.54) is 28.7 Å². The van der Waals surface area contributed by atoms with Crippen LogP contribution < -0.4 is 5.32 Å². The highest BCUT2D eigenvalue weighted by atomic mass is 16.6. The quantitative estimate of drug-likeness (QED) is 0.258. The fourth-order valence-corrected chi connectivity index (χ4v) is 4.12. The molecule has 6 nitrogen and oxygen atoms in total. The second kappa shape index (κ2) is 7.57. The zero-order valence-corrected chi connectivity index (χ0v) is 16.5. The number of carbonyl (C=O) groups excluding carboxylic acids is 1. The molecule has 0 radical (unpaired) electrons. The number of anilines is 1. The lowest BCUT2D eigenvalue weighted by Crippen LogP contribution is -2.08. The lowest BCUT2D eigenvalue weighted by atomic mass is 10.0. The van der Waals surface area contributed by atoms with Crippen LogP contribution in [0.2, 0.25) is 0 Å². The van der Waals surface area contributed by atoms with Crippen molar-refractivity contribution in [1.29, 1.82) is 0 Å². The van der Waals surface area contributed by atoms with Crippen LogP contribution in [0.3, 0.4) is 0 Å². The van der Waals surface area contributed by atoms with Crippen LogP contribution in [-0.4, -0.2) is 10.8 Å². The fraction of sp³-hybridized carbons (Fsp3) is 0.0800. The number of nitro benzene ring substituents is 1. The molecular weight excluding hydrogens is 392 g/mol. The number of benzene rings is 3. The van der Waals surface area contributed by atoms with E-state index in [9.17, 15) is 14.9 Å². The number of rotatable bonds is 5. The zero-order valence-electron chi connectivity index (χ0n) is 16.5. The highest BCUT2D eigenvalue weighted by Gasteiger charge is 2.18. The Morgan fingerprint density at radius 1 is 0.968 bits per heavy atom. The van der Waals surface area contributed by atoms with Gasteiger partial charge in [0.2, 0.25) is 5.91 Å². The van der Waals surface area contributed by atoms with E-state index in [1.54, 1.807) is 36.4 Å². The van der Waals surface area contributed by atoms with Crippen LogP contribution in [0, 0.1) is 10.1 Å². The van der Waals surface area contributed by atoms with E-state index in [1.807, 2.05) is 18.2 Å². The van der Waals surface area contributed by atoms with Crippen molar-refractivity contribution in [1.82, 2.24) is 0 Å². The number of aryl methyl sites for hydroxylation is 2. The molecule has 6 heteroatoms. The molecule has 4 aromatic rings. The van der Waals surface area contributed by atoms with Gasteiger partial charge in [-0.1, -0.05) is 36.4 Å². The van der Waals surface area contributed by atoms with Crippen molar-refractivity contribution in [3.05, 3.63) is 99.8 Å². The van der Waals surface area contributed by atoms with Crippen LogP contribution in [0.5, 0.6) is 0 Å². The third-order valence-corrected chi connectivity index (χ3v) is 5.53. The molecule has 31 heavy (non-hydrogen) atoms. The summed E-state index contributed by atoms with van der Waals surface area (Å²) in [6.45, 7) is 0. The van der Waals surface area contributed by atoms with E-state index >= 15 is 0 Å². The Morgan fingerprint density at radius 2 is 1.77 bits per heavy atom. The first-order valence-electron chi connectivity index (χ1n) is 9.96. The number of nitrogens with one attached hydrogen (secondary N) is 1. The predicted molar refractivity (Wildman–Crippen MR) is 120 cm³/mol. The minimum Gasteiger partial charge on any atom is -0.456 e. The van der Waals surface area contributed by atoms with Crippen molar-refractivity contribution < 1.29 is 14.1 Å². The molecule has 0 spiro atoms. The molecule has 1 heterocycles. The molecule has 0 unspecified atom stereocenters. The van der Waals surface area contributed by atoms with Gasteiger partial charge in [0.25, 0.3) is 5.69 Å². The average molecular weight is 410 g/mol. The zero-order chi connectivity index (χ0) is 21.4. The minimum absolute atomic E-state index is 0.0304. The Labute approximate surface area is 178 Å². The lowest BCUT2D eigenvalue weighted by molar-refractivity contribution is -0.384. The van der Waals surface area contributed by atoms with Crippen LogP contribution >= 0.6 is 0 Å². The molecule has 0 aliphatic heterocycles. The number of hydrogen-bond acceptors (Lipinski definition) is 4. The lowest BCUT2D eigenvalue weighted by Gasteiger charge is -2.09. The standard InChI is InChI=1S/C25H18N2O4/c28-24(26-21-13-10-17-9-8-16-4-3-6-19(21)25(16)17)15-12-18-11-14-23(31-18)20-5-1-2-7-22(20)27(29)30/h1-7,10-15H,8-9H2,(H,26,28). The molecule has 0 saturated carbocycles. The molecule has 5 rings (SSSR count). The smallest absolute Gasteiger partial charge is 0.280 e. The molecule has 0 bridgehead atoms. The van der Waals surface area contributed by atoms with Gasteiger partial charge in [-0.3, -0.25) is 14.9 Å². The first kappa shape index (κ1) is 18.8. The second-order valence-electron chi connectivity index (χ2n) is 7.41. The van der Waals surface area contributed by atoms with Crippen LogP contribution in [0.25, 0.3) is 28.2 Å². The minimum atomic E-state index is -0.446. The van der Waals surface area contributed by atoms with Gasteiger partial charge in [0.15, 0.2) is 0 Å². The highest BCUT2D eigenvalue weighted by Crippen LogP contribution is 2.35. The number of hydrogen-bond donors (Lipinski definition) is 1. The summed E-state index contributed by atoms with van der Waals surface area (Å²) in [5.74, 6) is 0.533. The second-order valence-corrected chi connectivity index (χ2v) is 7.41. The first-order chi connectivity index (χ1) is 15.1. The molecule has 1 aliphatic rings.